The van der Waals surface area contributed by atoms with Crippen molar-refractivity contribution >= 4 is 8.32 Å². The molecule has 0 unspecified atom stereocenters. The van der Waals surface area contributed by atoms with E-state index in [2.05, 4.69) is 40.4 Å². The molecule has 0 amide bonds. The summed E-state index contributed by atoms with van der Waals surface area (Å²) in [6.45, 7) is 16.0. The molecular formula is C18H30O3Si. The van der Waals surface area contributed by atoms with Crippen LogP contribution in [-0.2, 0) is 15.8 Å². The van der Waals surface area contributed by atoms with Crippen molar-refractivity contribution in [3.63, 3.8) is 0 Å². The summed E-state index contributed by atoms with van der Waals surface area (Å²) in [6, 6.07) is 9.92. The molecular weight excluding hydrogens is 292 g/mol. The molecule has 1 N–H and O–H groups in total. The Morgan fingerprint density at radius 1 is 1.23 bits per heavy atom. The van der Waals surface area contributed by atoms with Gasteiger partial charge in [0.05, 0.1) is 19.8 Å². The molecule has 0 spiro atoms. The summed E-state index contributed by atoms with van der Waals surface area (Å²) >= 11 is 0. The van der Waals surface area contributed by atoms with E-state index in [9.17, 15) is 5.11 Å². The van der Waals surface area contributed by atoms with E-state index in [1.807, 2.05) is 30.3 Å². The van der Waals surface area contributed by atoms with Crippen LogP contribution in [0.1, 0.15) is 26.3 Å². The summed E-state index contributed by atoms with van der Waals surface area (Å²) in [4.78, 5) is 0. The molecule has 1 aromatic carbocycles. The molecule has 1 atom stereocenters. The van der Waals surface area contributed by atoms with Crippen LogP contribution in [0.3, 0.4) is 0 Å². The molecule has 0 saturated heterocycles. The molecule has 0 bridgehead atoms. The second-order valence-corrected chi connectivity index (χ2v) is 12.0. The standard InChI is InChI=1S/C18H30O3Si/c1-15(12-21-22(5,6)18(2,3)4)17(19)14-20-13-16-10-8-7-9-11-16/h7-11,17,19H,1,12-14H2,2-6H3/t17-/m0/s1. The second kappa shape index (κ2) is 8.06. The van der Waals surface area contributed by atoms with Gasteiger partial charge >= 0.3 is 0 Å². The van der Waals surface area contributed by atoms with Crippen molar-refractivity contribution in [2.45, 2.75) is 51.6 Å². The highest BCUT2D eigenvalue weighted by molar-refractivity contribution is 6.74. The summed E-state index contributed by atoms with van der Waals surface area (Å²) in [7, 11) is -1.81. The first-order valence-corrected chi connectivity index (χ1v) is 10.7. The van der Waals surface area contributed by atoms with Crippen molar-refractivity contribution in [3.05, 3.63) is 48.0 Å². The minimum absolute atomic E-state index is 0.155. The first-order valence-electron chi connectivity index (χ1n) is 7.75. The van der Waals surface area contributed by atoms with Gasteiger partial charge in [-0.25, -0.2) is 0 Å². The summed E-state index contributed by atoms with van der Waals surface area (Å²) in [5, 5.41) is 10.3. The van der Waals surface area contributed by atoms with Crippen LogP contribution in [0.25, 0.3) is 0 Å². The Hall–Kier alpha value is -0.943. The van der Waals surface area contributed by atoms with E-state index in [0.29, 0.717) is 18.8 Å². The number of benzene rings is 1. The SMILES string of the molecule is C=C(CO[Si](C)(C)C(C)(C)C)[C@@H](O)COCc1ccccc1. The summed E-state index contributed by atoms with van der Waals surface area (Å²) in [5.74, 6) is 0. The first-order chi connectivity index (χ1) is 10.1. The van der Waals surface area contributed by atoms with E-state index in [1.165, 1.54) is 0 Å². The van der Waals surface area contributed by atoms with E-state index < -0.39 is 14.4 Å². The van der Waals surface area contributed by atoms with Gasteiger partial charge in [-0.1, -0.05) is 57.7 Å². The molecule has 0 aromatic heterocycles. The third-order valence-corrected chi connectivity index (χ3v) is 8.76. The lowest BCUT2D eigenvalue weighted by Gasteiger charge is -2.36. The number of aliphatic hydroxyl groups excluding tert-OH is 1. The first kappa shape index (κ1) is 19.1. The van der Waals surface area contributed by atoms with Crippen molar-refractivity contribution in [2.24, 2.45) is 0 Å². The van der Waals surface area contributed by atoms with Crippen LogP contribution in [0, 0.1) is 0 Å². The number of hydrogen-bond acceptors (Lipinski definition) is 3. The van der Waals surface area contributed by atoms with Gasteiger partial charge in [-0.05, 0) is 29.3 Å². The zero-order valence-electron chi connectivity index (χ0n) is 14.6. The minimum Gasteiger partial charge on any atom is -0.413 e. The van der Waals surface area contributed by atoms with Crippen molar-refractivity contribution in [1.29, 1.82) is 0 Å². The normalized spacial score (nSPS) is 13.9. The lowest BCUT2D eigenvalue weighted by molar-refractivity contribution is 0.0413. The van der Waals surface area contributed by atoms with Gasteiger partial charge in [0.2, 0.25) is 0 Å². The van der Waals surface area contributed by atoms with Crippen LogP contribution in [0.15, 0.2) is 42.5 Å². The van der Waals surface area contributed by atoms with E-state index in [4.69, 9.17) is 9.16 Å². The zero-order valence-corrected chi connectivity index (χ0v) is 15.6. The van der Waals surface area contributed by atoms with Crippen LogP contribution in [0.2, 0.25) is 18.1 Å². The fourth-order valence-electron chi connectivity index (χ4n) is 1.57. The molecule has 0 heterocycles. The van der Waals surface area contributed by atoms with Crippen molar-refractivity contribution in [2.75, 3.05) is 13.2 Å². The number of aliphatic hydroxyl groups is 1. The lowest BCUT2D eigenvalue weighted by Crippen LogP contribution is -2.41. The summed E-state index contributed by atoms with van der Waals surface area (Å²) < 4.78 is 11.6. The maximum absolute atomic E-state index is 10.1. The van der Waals surface area contributed by atoms with E-state index >= 15 is 0 Å². The average Bonchev–Trinajstić information content (AvgIpc) is 2.44. The third kappa shape index (κ3) is 6.05. The van der Waals surface area contributed by atoms with Crippen LogP contribution in [0.5, 0.6) is 0 Å². The maximum atomic E-state index is 10.1. The predicted molar refractivity (Wildman–Crippen MR) is 94.4 cm³/mol. The molecule has 0 radical (unpaired) electrons. The van der Waals surface area contributed by atoms with Crippen molar-refractivity contribution < 1.29 is 14.3 Å². The van der Waals surface area contributed by atoms with Gasteiger partial charge in [0.15, 0.2) is 8.32 Å². The van der Waals surface area contributed by atoms with Crippen LogP contribution >= 0.6 is 0 Å². The number of ether oxygens (including phenoxy) is 1. The summed E-state index contributed by atoms with van der Waals surface area (Å²) in [6.07, 6.45) is -0.687. The monoisotopic (exact) mass is 322 g/mol. The Labute approximate surface area is 136 Å². The second-order valence-electron chi connectivity index (χ2n) is 7.22. The Bertz CT molecular complexity index is 463. The van der Waals surface area contributed by atoms with E-state index in [0.717, 1.165) is 5.56 Å². The molecule has 124 valence electrons. The Morgan fingerprint density at radius 2 is 1.82 bits per heavy atom. The van der Waals surface area contributed by atoms with Gasteiger partial charge in [-0.2, -0.15) is 0 Å². The Kier molecular flexibility index (Phi) is 7.00. The molecule has 1 rings (SSSR count). The van der Waals surface area contributed by atoms with E-state index in [1.54, 1.807) is 0 Å². The largest absolute Gasteiger partial charge is 0.413 e. The van der Waals surface area contributed by atoms with Gasteiger partial charge in [0.1, 0.15) is 6.10 Å². The highest BCUT2D eigenvalue weighted by Gasteiger charge is 2.37. The van der Waals surface area contributed by atoms with Crippen molar-refractivity contribution in [1.82, 2.24) is 0 Å². The third-order valence-electron chi connectivity index (χ3n) is 4.28. The highest BCUT2D eigenvalue weighted by Crippen LogP contribution is 2.36. The Morgan fingerprint density at radius 3 is 2.36 bits per heavy atom. The molecule has 0 fully saturated rings. The van der Waals surface area contributed by atoms with Crippen molar-refractivity contribution in [3.8, 4) is 0 Å². The van der Waals surface area contributed by atoms with Gasteiger partial charge < -0.3 is 14.3 Å². The Balaban J connectivity index is 2.33. The van der Waals surface area contributed by atoms with Gasteiger partial charge in [-0.15, -0.1) is 0 Å². The van der Waals surface area contributed by atoms with E-state index in [-0.39, 0.29) is 11.6 Å². The molecule has 4 heteroatoms. The molecule has 0 saturated carbocycles. The minimum atomic E-state index is -1.81. The fraction of sp³-hybridized carbons (Fsp3) is 0.556. The fourth-order valence-corrected chi connectivity index (χ4v) is 2.55. The maximum Gasteiger partial charge on any atom is 0.192 e. The average molecular weight is 323 g/mol. The van der Waals surface area contributed by atoms with Gasteiger partial charge in [-0.3, -0.25) is 0 Å². The van der Waals surface area contributed by atoms with Crippen LogP contribution in [0.4, 0.5) is 0 Å². The molecule has 0 aliphatic rings. The molecule has 0 aliphatic heterocycles. The molecule has 1 aromatic rings. The number of hydrogen-bond donors (Lipinski definition) is 1. The van der Waals surface area contributed by atoms with Crippen LogP contribution in [-0.4, -0.2) is 32.7 Å². The van der Waals surface area contributed by atoms with Gasteiger partial charge in [0.25, 0.3) is 0 Å². The van der Waals surface area contributed by atoms with Gasteiger partial charge in [0, 0.05) is 0 Å². The summed E-state index contributed by atoms with van der Waals surface area (Å²) in [5.41, 5.74) is 1.77. The quantitative estimate of drug-likeness (QED) is 0.577. The van der Waals surface area contributed by atoms with Crippen LogP contribution < -0.4 is 0 Å². The molecule has 3 nitrogen and oxygen atoms in total. The predicted octanol–water partition coefficient (Wildman–Crippen LogP) is 4.14. The molecule has 0 aliphatic carbocycles. The topological polar surface area (TPSA) is 38.7 Å². The molecule has 22 heavy (non-hydrogen) atoms. The smallest absolute Gasteiger partial charge is 0.192 e. The zero-order chi connectivity index (χ0) is 16.8. The number of rotatable bonds is 8. The lowest BCUT2D eigenvalue weighted by atomic mass is 10.2. The highest BCUT2D eigenvalue weighted by atomic mass is 28.4.